The number of nitrogens with one attached hydrogen (secondary N) is 2. The number of amides is 1. The molecule has 1 aliphatic carbocycles. The molecule has 0 unspecified atom stereocenters. The monoisotopic (exact) mass is 359 g/mol. The first-order valence-electron chi connectivity index (χ1n) is 8.99. The van der Waals surface area contributed by atoms with Crippen LogP contribution in [0.5, 0.6) is 0 Å². The molecule has 0 spiro atoms. The van der Waals surface area contributed by atoms with Crippen molar-refractivity contribution in [3.05, 3.63) is 83.4 Å². The number of imidazole rings is 1. The van der Waals surface area contributed by atoms with Gasteiger partial charge in [-0.2, -0.15) is 0 Å². The van der Waals surface area contributed by atoms with E-state index in [1.54, 1.807) is 6.20 Å². The maximum Gasteiger partial charge on any atom is 0.407 e. The van der Waals surface area contributed by atoms with Gasteiger partial charge < -0.3 is 15.0 Å². The molecule has 1 aliphatic rings. The first-order chi connectivity index (χ1) is 13.2. The molecule has 2 N–H and O–H groups in total. The number of fused-ring (bicyclic) bond motifs is 3. The van der Waals surface area contributed by atoms with Gasteiger partial charge in [0.2, 0.25) is 0 Å². The van der Waals surface area contributed by atoms with Crippen LogP contribution in [-0.4, -0.2) is 29.2 Å². The van der Waals surface area contributed by atoms with Crippen LogP contribution in [0.15, 0.2) is 60.8 Å². The number of carbonyl (C=O) groups is 1. The molecule has 1 heterocycles. The summed E-state index contributed by atoms with van der Waals surface area (Å²) in [7, 11) is 0. The van der Waals surface area contributed by atoms with E-state index in [0.717, 1.165) is 11.5 Å². The maximum atomic E-state index is 12.1. The highest BCUT2D eigenvalue weighted by Crippen LogP contribution is 2.44. The Bertz CT molecular complexity index is 945. The van der Waals surface area contributed by atoms with Crippen molar-refractivity contribution in [1.29, 1.82) is 0 Å². The first-order valence-corrected chi connectivity index (χ1v) is 8.99. The number of hydrogen-bond donors (Lipinski definition) is 2. The van der Waals surface area contributed by atoms with E-state index < -0.39 is 6.09 Å². The molecule has 0 fully saturated rings. The third-order valence-electron chi connectivity index (χ3n) is 4.73. The number of aromatic nitrogens is 2. The number of hydrogen-bond acceptors (Lipinski definition) is 3. The van der Waals surface area contributed by atoms with Crippen LogP contribution in [-0.2, 0) is 4.74 Å². The third-order valence-corrected chi connectivity index (χ3v) is 4.73. The minimum atomic E-state index is -0.415. The van der Waals surface area contributed by atoms with Crippen LogP contribution in [0.1, 0.15) is 28.6 Å². The van der Waals surface area contributed by atoms with Crippen LogP contribution < -0.4 is 5.32 Å². The Morgan fingerprint density at radius 1 is 1.15 bits per heavy atom. The fraction of sp³-hybridized carbons (Fsp3) is 0.182. The van der Waals surface area contributed by atoms with Gasteiger partial charge in [-0.3, -0.25) is 0 Å². The molecule has 4 rings (SSSR count). The Balaban J connectivity index is 1.34. The van der Waals surface area contributed by atoms with Gasteiger partial charge >= 0.3 is 6.09 Å². The van der Waals surface area contributed by atoms with Crippen molar-refractivity contribution in [2.24, 2.45) is 0 Å². The van der Waals surface area contributed by atoms with E-state index in [0.29, 0.717) is 13.2 Å². The zero-order chi connectivity index (χ0) is 18.6. The number of ether oxygens (including phenoxy) is 1. The summed E-state index contributed by atoms with van der Waals surface area (Å²) in [6.07, 6.45) is 5.07. The van der Waals surface area contributed by atoms with E-state index in [1.807, 2.05) is 43.3 Å². The van der Waals surface area contributed by atoms with Gasteiger partial charge in [-0.1, -0.05) is 54.6 Å². The molecule has 27 heavy (non-hydrogen) atoms. The molecule has 5 heteroatoms. The summed E-state index contributed by atoms with van der Waals surface area (Å²) >= 11 is 0. The van der Waals surface area contributed by atoms with Gasteiger partial charge in [-0.15, -0.1) is 0 Å². The lowest BCUT2D eigenvalue weighted by atomic mass is 9.98. The van der Waals surface area contributed by atoms with E-state index in [2.05, 4.69) is 39.6 Å². The molecule has 0 aliphatic heterocycles. The zero-order valence-electron chi connectivity index (χ0n) is 15.1. The second kappa shape index (κ2) is 7.50. The lowest BCUT2D eigenvalue weighted by Crippen LogP contribution is -2.26. The summed E-state index contributed by atoms with van der Waals surface area (Å²) in [4.78, 5) is 19.3. The zero-order valence-corrected chi connectivity index (χ0v) is 15.1. The summed E-state index contributed by atoms with van der Waals surface area (Å²) in [6.45, 7) is 2.62. The Hall–Kier alpha value is -3.34. The van der Waals surface area contributed by atoms with Crippen molar-refractivity contribution < 1.29 is 9.53 Å². The Morgan fingerprint density at radius 3 is 2.44 bits per heavy atom. The van der Waals surface area contributed by atoms with Crippen LogP contribution in [0.4, 0.5) is 4.79 Å². The van der Waals surface area contributed by atoms with Gasteiger partial charge in [0.25, 0.3) is 0 Å². The lowest BCUT2D eigenvalue weighted by molar-refractivity contribution is 0.144. The van der Waals surface area contributed by atoms with Gasteiger partial charge in [0.15, 0.2) is 0 Å². The Labute approximate surface area is 158 Å². The van der Waals surface area contributed by atoms with Crippen molar-refractivity contribution in [3.8, 4) is 11.1 Å². The third kappa shape index (κ3) is 3.62. The molecule has 0 atom stereocenters. The van der Waals surface area contributed by atoms with Crippen LogP contribution in [0.25, 0.3) is 17.2 Å². The standard InChI is InChI=1S/C22H21N3O2/c1-15-24-13-16(25-15)7-6-12-23-22(26)27-14-21-19-10-4-2-8-17(19)18-9-3-5-11-20(18)21/h2-11,13,21H,12,14H2,1H3,(H,23,26)(H,24,25). The normalized spacial score (nSPS) is 12.8. The summed E-state index contributed by atoms with van der Waals surface area (Å²) in [5, 5.41) is 2.75. The number of aryl methyl sites for hydroxylation is 1. The average Bonchev–Trinajstić information content (AvgIpc) is 3.25. The highest BCUT2D eigenvalue weighted by molar-refractivity contribution is 5.79. The number of H-pyrrole nitrogens is 1. The molecule has 0 saturated heterocycles. The van der Waals surface area contributed by atoms with E-state index in [-0.39, 0.29) is 5.92 Å². The quantitative estimate of drug-likeness (QED) is 0.715. The molecular formula is C22H21N3O2. The molecule has 3 aromatic rings. The topological polar surface area (TPSA) is 67.0 Å². The molecule has 5 nitrogen and oxygen atoms in total. The number of benzene rings is 2. The molecular weight excluding hydrogens is 338 g/mol. The second-order valence-corrected chi connectivity index (χ2v) is 6.53. The molecule has 0 saturated carbocycles. The smallest absolute Gasteiger partial charge is 0.407 e. The number of carbonyl (C=O) groups excluding carboxylic acids is 1. The first kappa shape index (κ1) is 17.1. The van der Waals surface area contributed by atoms with Gasteiger partial charge in [0.1, 0.15) is 12.4 Å². The number of aromatic amines is 1. The number of rotatable bonds is 5. The second-order valence-electron chi connectivity index (χ2n) is 6.53. The summed E-state index contributed by atoms with van der Waals surface area (Å²) < 4.78 is 5.49. The van der Waals surface area contributed by atoms with Gasteiger partial charge in [0.05, 0.1) is 11.9 Å². The molecule has 0 radical (unpaired) electrons. The van der Waals surface area contributed by atoms with Crippen molar-refractivity contribution in [2.45, 2.75) is 12.8 Å². The van der Waals surface area contributed by atoms with Crippen LogP contribution in [0, 0.1) is 6.92 Å². The average molecular weight is 359 g/mol. The van der Waals surface area contributed by atoms with E-state index in [1.165, 1.54) is 22.3 Å². The van der Waals surface area contributed by atoms with Crippen molar-refractivity contribution in [1.82, 2.24) is 15.3 Å². The fourth-order valence-electron chi connectivity index (χ4n) is 3.50. The maximum absolute atomic E-state index is 12.1. The number of nitrogens with zero attached hydrogens (tertiary/aromatic N) is 1. The van der Waals surface area contributed by atoms with E-state index in [4.69, 9.17) is 4.74 Å². The van der Waals surface area contributed by atoms with Crippen LogP contribution in [0.3, 0.4) is 0 Å². The Kier molecular flexibility index (Phi) is 4.75. The highest BCUT2D eigenvalue weighted by Gasteiger charge is 2.28. The largest absolute Gasteiger partial charge is 0.449 e. The van der Waals surface area contributed by atoms with Gasteiger partial charge in [-0.05, 0) is 35.3 Å². The highest BCUT2D eigenvalue weighted by atomic mass is 16.5. The fourth-order valence-corrected chi connectivity index (χ4v) is 3.50. The molecule has 2 aromatic carbocycles. The minimum absolute atomic E-state index is 0.0756. The van der Waals surface area contributed by atoms with Crippen molar-refractivity contribution in [2.75, 3.05) is 13.2 Å². The van der Waals surface area contributed by atoms with Crippen LogP contribution in [0.2, 0.25) is 0 Å². The van der Waals surface area contributed by atoms with E-state index in [9.17, 15) is 4.79 Å². The molecule has 1 amide bonds. The molecule has 0 bridgehead atoms. The molecule has 1 aromatic heterocycles. The van der Waals surface area contributed by atoms with Crippen molar-refractivity contribution in [3.63, 3.8) is 0 Å². The van der Waals surface area contributed by atoms with Crippen LogP contribution >= 0.6 is 0 Å². The summed E-state index contributed by atoms with van der Waals surface area (Å²) in [5.74, 6) is 0.936. The Morgan fingerprint density at radius 2 is 1.81 bits per heavy atom. The SMILES string of the molecule is Cc1ncc(C=CCNC(=O)OCC2c3ccccc3-c3ccccc32)[nH]1. The molecule has 136 valence electrons. The van der Waals surface area contributed by atoms with Gasteiger partial charge in [0, 0.05) is 12.5 Å². The predicted molar refractivity (Wildman–Crippen MR) is 105 cm³/mol. The summed E-state index contributed by atoms with van der Waals surface area (Å²) in [5.41, 5.74) is 5.77. The van der Waals surface area contributed by atoms with Crippen molar-refractivity contribution >= 4 is 12.2 Å². The number of alkyl carbamates (subject to hydrolysis) is 1. The summed E-state index contributed by atoms with van der Waals surface area (Å²) in [6, 6.07) is 16.6. The lowest BCUT2D eigenvalue weighted by Gasteiger charge is -2.14. The van der Waals surface area contributed by atoms with Gasteiger partial charge in [-0.25, -0.2) is 9.78 Å². The minimum Gasteiger partial charge on any atom is -0.449 e. The predicted octanol–water partition coefficient (Wildman–Crippen LogP) is 4.27. The van der Waals surface area contributed by atoms with E-state index >= 15 is 0 Å².